The zero-order chi connectivity index (χ0) is 12.8. The number of unbranched alkanes of at least 4 members (excludes halogenated alkanes) is 1. The summed E-state index contributed by atoms with van der Waals surface area (Å²) in [4.78, 5) is 2.46. The molecule has 1 saturated heterocycles. The quantitative estimate of drug-likeness (QED) is 0.785. The van der Waals surface area contributed by atoms with E-state index in [4.69, 9.17) is 10.5 Å². The molecule has 0 aliphatic carbocycles. The molecule has 18 heavy (non-hydrogen) atoms. The van der Waals surface area contributed by atoms with Crippen LogP contribution in [0.5, 0.6) is 5.75 Å². The maximum Gasteiger partial charge on any atom is 0.152 e. The minimum absolute atomic E-state index is 0.232. The summed E-state index contributed by atoms with van der Waals surface area (Å²) in [7, 11) is 0. The normalized spacial score (nSPS) is 17.8. The number of nitrogens with two attached hydrogens (primary N) is 1. The lowest BCUT2D eigenvalue weighted by atomic mass is 10.2. The van der Waals surface area contributed by atoms with Gasteiger partial charge in [-0.1, -0.05) is 13.3 Å². The first-order chi connectivity index (χ1) is 8.79. The van der Waals surface area contributed by atoms with Crippen LogP contribution in [-0.2, 0) is 0 Å². The molecular formula is C15H24N2O. The number of nitrogens with zero attached hydrogens (tertiary/aromatic N) is 1. The fourth-order valence-electron chi connectivity index (χ4n) is 2.43. The van der Waals surface area contributed by atoms with Crippen molar-refractivity contribution in [3.8, 4) is 5.75 Å². The van der Waals surface area contributed by atoms with Crippen molar-refractivity contribution in [1.82, 2.24) is 4.90 Å². The molecule has 0 saturated carbocycles. The van der Waals surface area contributed by atoms with Crippen molar-refractivity contribution in [2.75, 3.05) is 18.8 Å². The van der Waals surface area contributed by atoms with Gasteiger partial charge in [-0.2, -0.15) is 0 Å². The fraction of sp³-hybridized carbons (Fsp3) is 0.600. The van der Waals surface area contributed by atoms with E-state index in [1.165, 1.54) is 38.8 Å². The van der Waals surface area contributed by atoms with Gasteiger partial charge < -0.3 is 10.5 Å². The Hall–Kier alpha value is -1.22. The number of likely N-dealkylation sites (tertiary alicyclic amines) is 1. The minimum atomic E-state index is 0.232. The average molecular weight is 248 g/mol. The molecule has 0 bridgehead atoms. The molecule has 1 aromatic rings. The molecule has 2 rings (SSSR count). The van der Waals surface area contributed by atoms with Crippen LogP contribution in [-0.4, -0.2) is 24.2 Å². The summed E-state index contributed by atoms with van der Waals surface area (Å²) in [5.41, 5.74) is 6.48. The standard InChI is InChI=1S/C15H24N2O/c1-2-3-6-15(17-11-4-5-12-17)18-14-9-7-13(16)8-10-14/h7-10,15H,2-6,11-12,16H2,1H3. The molecule has 0 radical (unpaired) electrons. The van der Waals surface area contributed by atoms with E-state index in [-0.39, 0.29) is 6.23 Å². The van der Waals surface area contributed by atoms with Crippen LogP contribution in [0, 0.1) is 0 Å². The molecule has 3 nitrogen and oxygen atoms in total. The van der Waals surface area contributed by atoms with Gasteiger partial charge in [0.25, 0.3) is 0 Å². The molecule has 1 unspecified atom stereocenters. The first-order valence-corrected chi connectivity index (χ1v) is 7.06. The lowest BCUT2D eigenvalue weighted by Gasteiger charge is -2.28. The van der Waals surface area contributed by atoms with Crippen molar-refractivity contribution < 1.29 is 4.74 Å². The van der Waals surface area contributed by atoms with Crippen LogP contribution in [0.3, 0.4) is 0 Å². The van der Waals surface area contributed by atoms with Gasteiger partial charge in [-0.05, 0) is 49.9 Å². The van der Waals surface area contributed by atoms with Gasteiger partial charge in [-0.3, -0.25) is 4.90 Å². The third kappa shape index (κ3) is 3.64. The molecule has 1 aliphatic heterocycles. The number of nitrogen functional groups attached to an aromatic ring is 1. The van der Waals surface area contributed by atoms with Gasteiger partial charge in [0.15, 0.2) is 6.23 Å². The third-order valence-electron chi connectivity index (χ3n) is 3.50. The van der Waals surface area contributed by atoms with Crippen molar-refractivity contribution in [1.29, 1.82) is 0 Å². The molecule has 0 aromatic heterocycles. The van der Waals surface area contributed by atoms with Crippen molar-refractivity contribution in [2.45, 2.75) is 45.3 Å². The van der Waals surface area contributed by atoms with Crippen molar-refractivity contribution >= 4 is 5.69 Å². The highest BCUT2D eigenvalue weighted by Gasteiger charge is 2.22. The molecule has 0 spiro atoms. The number of hydrogen-bond donors (Lipinski definition) is 1. The van der Waals surface area contributed by atoms with E-state index in [1.54, 1.807) is 0 Å². The van der Waals surface area contributed by atoms with Crippen molar-refractivity contribution in [3.05, 3.63) is 24.3 Å². The Kier molecular flexibility index (Phi) is 4.88. The summed E-state index contributed by atoms with van der Waals surface area (Å²) >= 11 is 0. The van der Waals surface area contributed by atoms with Crippen LogP contribution in [0.4, 0.5) is 5.69 Å². The van der Waals surface area contributed by atoms with Crippen molar-refractivity contribution in [2.24, 2.45) is 0 Å². The van der Waals surface area contributed by atoms with E-state index in [0.29, 0.717) is 0 Å². The van der Waals surface area contributed by atoms with Gasteiger partial charge in [-0.15, -0.1) is 0 Å². The van der Waals surface area contributed by atoms with E-state index >= 15 is 0 Å². The van der Waals surface area contributed by atoms with Gasteiger partial charge in [0.2, 0.25) is 0 Å². The Morgan fingerprint density at radius 1 is 1.22 bits per heavy atom. The smallest absolute Gasteiger partial charge is 0.152 e. The van der Waals surface area contributed by atoms with Gasteiger partial charge in [0.05, 0.1) is 0 Å². The van der Waals surface area contributed by atoms with Crippen LogP contribution in [0.15, 0.2) is 24.3 Å². The van der Waals surface area contributed by atoms with E-state index in [1.807, 2.05) is 24.3 Å². The summed E-state index contributed by atoms with van der Waals surface area (Å²) in [6, 6.07) is 7.72. The van der Waals surface area contributed by atoms with Crippen LogP contribution >= 0.6 is 0 Å². The second-order valence-corrected chi connectivity index (χ2v) is 5.03. The number of ether oxygens (including phenoxy) is 1. The summed E-state index contributed by atoms with van der Waals surface area (Å²) in [6.07, 6.45) is 6.38. The summed E-state index contributed by atoms with van der Waals surface area (Å²) in [5.74, 6) is 0.928. The molecule has 1 heterocycles. The second kappa shape index (κ2) is 6.64. The van der Waals surface area contributed by atoms with Crippen LogP contribution in [0.25, 0.3) is 0 Å². The van der Waals surface area contributed by atoms with Gasteiger partial charge in [0, 0.05) is 18.8 Å². The lowest BCUT2D eigenvalue weighted by molar-refractivity contribution is 0.0345. The van der Waals surface area contributed by atoms with Crippen molar-refractivity contribution in [3.63, 3.8) is 0 Å². The highest BCUT2D eigenvalue weighted by molar-refractivity contribution is 5.41. The number of anilines is 1. The van der Waals surface area contributed by atoms with Gasteiger partial charge in [-0.25, -0.2) is 0 Å². The molecule has 1 aromatic carbocycles. The van der Waals surface area contributed by atoms with E-state index in [0.717, 1.165) is 17.9 Å². The molecule has 1 fully saturated rings. The monoisotopic (exact) mass is 248 g/mol. The zero-order valence-corrected chi connectivity index (χ0v) is 11.3. The highest BCUT2D eigenvalue weighted by Crippen LogP contribution is 2.21. The number of rotatable bonds is 6. The van der Waals surface area contributed by atoms with Crippen LogP contribution < -0.4 is 10.5 Å². The maximum atomic E-state index is 6.13. The highest BCUT2D eigenvalue weighted by atomic mass is 16.5. The largest absolute Gasteiger partial charge is 0.475 e. The molecule has 100 valence electrons. The first kappa shape index (κ1) is 13.2. The second-order valence-electron chi connectivity index (χ2n) is 5.03. The lowest BCUT2D eigenvalue weighted by Crippen LogP contribution is -2.37. The van der Waals surface area contributed by atoms with Gasteiger partial charge >= 0.3 is 0 Å². The van der Waals surface area contributed by atoms with Crippen LogP contribution in [0.2, 0.25) is 0 Å². The summed E-state index contributed by atoms with van der Waals surface area (Å²) < 4.78 is 6.13. The fourth-order valence-corrected chi connectivity index (χ4v) is 2.43. The number of hydrogen-bond acceptors (Lipinski definition) is 3. The Morgan fingerprint density at radius 2 is 1.89 bits per heavy atom. The summed E-state index contributed by atoms with van der Waals surface area (Å²) in [6.45, 7) is 4.57. The Balaban J connectivity index is 1.97. The van der Waals surface area contributed by atoms with E-state index < -0.39 is 0 Å². The zero-order valence-electron chi connectivity index (χ0n) is 11.3. The molecule has 3 heteroatoms. The summed E-state index contributed by atoms with van der Waals surface area (Å²) in [5, 5.41) is 0. The Bertz CT molecular complexity index is 344. The Labute approximate surface area is 110 Å². The van der Waals surface area contributed by atoms with E-state index in [9.17, 15) is 0 Å². The maximum absolute atomic E-state index is 6.13. The minimum Gasteiger partial charge on any atom is -0.475 e. The predicted molar refractivity (Wildman–Crippen MR) is 75.6 cm³/mol. The van der Waals surface area contributed by atoms with E-state index in [2.05, 4.69) is 11.8 Å². The third-order valence-corrected chi connectivity index (χ3v) is 3.50. The molecule has 1 atom stereocenters. The van der Waals surface area contributed by atoms with Crippen LogP contribution in [0.1, 0.15) is 39.0 Å². The topological polar surface area (TPSA) is 38.5 Å². The SMILES string of the molecule is CCCCC(Oc1ccc(N)cc1)N1CCCC1. The molecule has 0 amide bonds. The Morgan fingerprint density at radius 3 is 2.50 bits per heavy atom. The molecule has 1 aliphatic rings. The molecule has 2 N–H and O–H groups in total. The predicted octanol–water partition coefficient (Wildman–Crippen LogP) is 3.26. The first-order valence-electron chi connectivity index (χ1n) is 7.06. The molecular weight excluding hydrogens is 224 g/mol. The average Bonchev–Trinajstić information content (AvgIpc) is 2.90. The number of benzene rings is 1. The van der Waals surface area contributed by atoms with Gasteiger partial charge in [0.1, 0.15) is 5.75 Å².